The normalized spacial score (nSPS) is 11.1. The van der Waals surface area contributed by atoms with Crippen molar-refractivity contribution in [2.24, 2.45) is 0 Å². The molecule has 0 bridgehead atoms. The number of hydrogen-bond donors (Lipinski definition) is 1. The SMILES string of the molecule is Nc1cc(F)c(Br)cc1Sc1nc2ccccc2o1. The molecule has 1 heterocycles. The van der Waals surface area contributed by atoms with Gasteiger partial charge in [0.2, 0.25) is 0 Å². The van der Waals surface area contributed by atoms with Gasteiger partial charge in [-0.15, -0.1) is 0 Å². The molecule has 3 rings (SSSR count). The van der Waals surface area contributed by atoms with E-state index in [1.807, 2.05) is 24.3 Å². The second-order valence-corrected chi connectivity index (χ2v) is 5.70. The summed E-state index contributed by atoms with van der Waals surface area (Å²) in [5.74, 6) is -0.389. The first kappa shape index (κ1) is 12.5. The topological polar surface area (TPSA) is 52.0 Å². The Morgan fingerprint density at radius 2 is 2.05 bits per heavy atom. The molecule has 0 aliphatic heterocycles. The van der Waals surface area contributed by atoms with Gasteiger partial charge >= 0.3 is 0 Å². The minimum absolute atomic E-state index is 0.355. The average molecular weight is 339 g/mol. The summed E-state index contributed by atoms with van der Waals surface area (Å²) in [6, 6.07) is 10.4. The Labute approximate surface area is 121 Å². The number of nitrogen functional groups attached to an aromatic ring is 1. The highest BCUT2D eigenvalue weighted by atomic mass is 79.9. The van der Waals surface area contributed by atoms with Crippen LogP contribution in [0.2, 0.25) is 0 Å². The van der Waals surface area contributed by atoms with Gasteiger partial charge in [0.25, 0.3) is 5.22 Å². The zero-order valence-corrected chi connectivity index (χ0v) is 12.0. The van der Waals surface area contributed by atoms with Gasteiger partial charge in [0.15, 0.2) is 5.58 Å². The summed E-state index contributed by atoms with van der Waals surface area (Å²) in [6.07, 6.45) is 0. The standard InChI is InChI=1S/C13H8BrFN2OS/c14-7-5-12(9(16)6-8(7)15)19-13-17-10-3-1-2-4-11(10)18-13/h1-6H,16H2. The predicted octanol–water partition coefficient (Wildman–Crippen LogP) is 4.46. The summed E-state index contributed by atoms with van der Waals surface area (Å²) in [7, 11) is 0. The maximum atomic E-state index is 13.3. The van der Waals surface area contributed by atoms with Crippen LogP contribution < -0.4 is 5.73 Å². The Balaban J connectivity index is 1.98. The zero-order valence-electron chi connectivity index (χ0n) is 9.56. The number of anilines is 1. The van der Waals surface area contributed by atoms with Gasteiger partial charge in [0.05, 0.1) is 4.47 Å². The highest BCUT2D eigenvalue weighted by Crippen LogP contribution is 2.36. The molecule has 2 aromatic carbocycles. The lowest BCUT2D eigenvalue weighted by Gasteiger charge is -2.04. The van der Waals surface area contributed by atoms with Crippen LogP contribution in [0, 0.1) is 5.82 Å². The molecule has 0 radical (unpaired) electrons. The number of para-hydroxylation sites is 2. The summed E-state index contributed by atoms with van der Waals surface area (Å²) in [5, 5.41) is 0.478. The maximum Gasteiger partial charge on any atom is 0.261 e. The first-order valence-corrected chi connectivity index (χ1v) is 7.02. The largest absolute Gasteiger partial charge is 0.431 e. The summed E-state index contributed by atoms with van der Waals surface area (Å²) >= 11 is 4.40. The van der Waals surface area contributed by atoms with Crippen molar-refractivity contribution >= 4 is 44.5 Å². The molecular formula is C13H8BrFN2OS. The van der Waals surface area contributed by atoms with E-state index in [1.165, 1.54) is 17.8 Å². The van der Waals surface area contributed by atoms with Gasteiger partial charge in [-0.05, 0) is 52.0 Å². The number of rotatable bonds is 2. The lowest BCUT2D eigenvalue weighted by molar-refractivity contribution is 0.489. The fourth-order valence-electron chi connectivity index (χ4n) is 1.62. The molecule has 0 aliphatic rings. The van der Waals surface area contributed by atoms with E-state index in [2.05, 4.69) is 20.9 Å². The predicted molar refractivity (Wildman–Crippen MR) is 76.6 cm³/mol. The van der Waals surface area contributed by atoms with Crippen LogP contribution in [0.15, 0.2) is 55.4 Å². The summed E-state index contributed by atoms with van der Waals surface area (Å²) in [6.45, 7) is 0. The second kappa shape index (κ2) is 4.86. The van der Waals surface area contributed by atoms with Crippen LogP contribution in [0.5, 0.6) is 0 Å². The Morgan fingerprint density at radius 3 is 2.84 bits per heavy atom. The molecule has 0 spiro atoms. The molecule has 3 aromatic rings. The van der Waals surface area contributed by atoms with Crippen LogP contribution in [-0.4, -0.2) is 4.98 Å². The quantitative estimate of drug-likeness (QED) is 0.700. The van der Waals surface area contributed by atoms with Gasteiger partial charge in [0, 0.05) is 10.6 Å². The summed E-state index contributed by atoms with van der Waals surface area (Å²) in [5.41, 5.74) is 7.63. The fourth-order valence-corrected chi connectivity index (χ4v) is 2.93. The Morgan fingerprint density at radius 1 is 1.26 bits per heavy atom. The first-order valence-electron chi connectivity index (χ1n) is 5.41. The summed E-state index contributed by atoms with van der Waals surface area (Å²) < 4.78 is 19.2. The maximum absolute atomic E-state index is 13.3. The number of hydrogen-bond acceptors (Lipinski definition) is 4. The molecule has 0 saturated heterocycles. The minimum Gasteiger partial charge on any atom is -0.431 e. The van der Waals surface area contributed by atoms with Crippen LogP contribution in [0.25, 0.3) is 11.1 Å². The van der Waals surface area contributed by atoms with Crippen molar-refractivity contribution in [1.82, 2.24) is 4.98 Å². The molecule has 3 nitrogen and oxygen atoms in total. The van der Waals surface area contributed by atoms with Crippen LogP contribution in [0.3, 0.4) is 0 Å². The third-order valence-corrected chi connectivity index (χ3v) is 4.05. The molecule has 96 valence electrons. The zero-order chi connectivity index (χ0) is 13.4. The van der Waals surface area contributed by atoms with Crippen molar-refractivity contribution in [2.45, 2.75) is 10.1 Å². The molecule has 2 N–H and O–H groups in total. The second-order valence-electron chi connectivity index (χ2n) is 3.85. The number of nitrogens with zero attached hydrogens (tertiary/aromatic N) is 1. The smallest absolute Gasteiger partial charge is 0.261 e. The number of oxazole rings is 1. The number of fused-ring (bicyclic) bond motifs is 1. The van der Waals surface area contributed by atoms with Gasteiger partial charge in [0.1, 0.15) is 11.3 Å². The average Bonchev–Trinajstić information content (AvgIpc) is 2.78. The summed E-state index contributed by atoms with van der Waals surface area (Å²) in [4.78, 5) is 5.03. The van der Waals surface area contributed by atoms with Gasteiger partial charge in [-0.2, -0.15) is 0 Å². The minimum atomic E-state index is -0.389. The van der Waals surface area contributed by atoms with E-state index in [4.69, 9.17) is 10.2 Å². The Hall–Kier alpha value is -1.53. The molecular weight excluding hydrogens is 331 g/mol. The number of benzene rings is 2. The van der Waals surface area contributed by atoms with Crippen LogP contribution in [0.1, 0.15) is 0 Å². The van der Waals surface area contributed by atoms with Gasteiger partial charge < -0.3 is 10.2 Å². The van der Waals surface area contributed by atoms with E-state index >= 15 is 0 Å². The third kappa shape index (κ3) is 2.46. The Kier molecular flexibility index (Phi) is 3.20. The van der Waals surface area contributed by atoms with Crippen molar-refractivity contribution in [1.29, 1.82) is 0 Å². The molecule has 6 heteroatoms. The van der Waals surface area contributed by atoms with E-state index < -0.39 is 0 Å². The monoisotopic (exact) mass is 338 g/mol. The van der Waals surface area contributed by atoms with Crippen molar-refractivity contribution in [3.05, 3.63) is 46.7 Å². The molecule has 0 aliphatic carbocycles. The van der Waals surface area contributed by atoms with Crippen molar-refractivity contribution in [3.8, 4) is 0 Å². The number of halogens is 2. The molecule has 0 unspecified atom stereocenters. The van der Waals surface area contributed by atoms with Crippen LogP contribution in [0.4, 0.5) is 10.1 Å². The first-order chi connectivity index (χ1) is 9.13. The van der Waals surface area contributed by atoms with Crippen molar-refractivity contribution in [2.75, 3.05) is 5.73 Å². The van der Waals surface area contributed by atoms with E-state index in [0.29, 0.717) is 25.9 Å². The van der Waals surface area contributed by atoms with Gasteiger partial charge in [-0.25, -0.2) is 9.37 Å². The van der Waals surface area contributed by atoms with Gasteiger partial charge in [-0.3, -0.25) is 0 Å². The highest BCUT2D eigenvalue weighted by Gasteiger charge is 2.11. The van der Waals surface area contributed by atoms with E-state index in [1.54, 1.807) is 6.07 Å². The molecule has 19 heavy (non-hydrogen) atoms. The van der Waals surface area contributed by atoms with Crippen LogP contribution in [-0.2, 0) is 0 Å². The van der Waals surface area contributed by atoms with Gasteiger partial charge in [-0.1, -0.05) is 12.1 Å². The van der Waals surface area contributed by atoms with Crippen molar-refractivity contribution < 1.29 is 8.81 Å². The third-order valence-electron chi connectivity index (χ3n) is 2.52. The highest BCUT2D eigenvalue weighted by molar-refractivity contribution is 9.10. The van der Waals surface area contributed by atoms with E-state index in [9.17, 15) is 4.39 Å². The molecule has 0 amide bonds. The lowest BCUT2D eigenvalue weighted by atomic mass is 10.3. The molecule has 1 aromatic heterocycles. The number of aromatic nitrogens is 1. The van der Waals surface area contributed by atoms with E-state index in [-0.39, 0.29) is 5.82 Å². The molecule has 0 atom stereocenters. The number of nitrogens with two attached hydrogens (primary N) is 1. The molecule has 0 saturated carbocycles. The fraction of sp³-hybridized carbons (Fsp3) is 0. The Bertz CT molecular complexity index is 726. The van der Waals surface area contributed by atoms with Crippen molar-refractivity contribution in [3.63, 3.8) is 0 Å². The lowest BCUT2D eigenvalue weighted by Crippen LogP contribution is -1.91. The van der Waals surface area contributed by atoms with E-state index in [0.717, 1.165) is 5.52 Å². The van der Waals surface area contributed by atoms with Crippen LogP contribution >= 0.6 is 27.7 Å². The molecule has 0 fully saturated rings.